The molecule has 3 N–H and O–H groups in total. The first kappa shape index (κ1) is 19.3. The highest BCUT2D eigenvalue weighted by molar-refractivity contribution is 7.73. The summed E-state index contributed by atoms with van der Waals surface area (Å²) in [5, 5.41) is 9.03. The van der Waals surface area contributed by atoms with Crippen LogP contribution in [0.25, 0.3) is 21.6 Å². The Hall–Kier alpha value is -3.04. The van der Waals surface area contributed by atoms with Crippen molar-refractivity contribution >= 4 is 46.0 Å². The van der Waals surface area contributed by atoms with E-state index in [-0.39, 0.29) is 5.43 Å². The van der Waals surface area contributed by atoms with Crippen LogP contribution in [0.2, 0.25) is 0 Å². The summed E-state index contributed by atoms with van der Waals surface area (Å²) in [5.41, 5.74) is 9.35. The molecule has 9 heteroatoms. The Morgan fingerprint density at radius 1 is 1.21 bits per heavy atom. The van der Waals surface area contributed by atoms with Crippen LogP contribution in [0.4, 0.5) is 11.4 Å². The molecule has 0 aliphatic heterocycles. The van der Waals surface area contributed by atoms with Crippen LogP contribution in [0.3, 0.4) is 0 Å². The lowest BCUT2D eigenvalue weighted by atomic mass is 10.2. The molecule has 0 radical (unpaired) electrons. The quantitative estimate of drug-likeness (QED) is 0.371. The van der Waals surface area contributed by atoms with Crippen LogP contribution in [0.1, 0.15) is 12.6 Å². The maximum Gasteiger partial charge on any atom is 0.201 e. The zero-order chi connectivity index (χ0) is 20.5. The highest BCUT2D eigenvalue weighted by Gasteiger charge is 2.15. The number of rotatable bonds is 5. The number of aromatic nitrogens is 4. The highest BCUT2D eigenvalue weighted by Crippen LogP contribution is 2.23. The standard InChI is InChI=1S/C20H20N6OS2/c1-3-25-10-16(17(27)15-9-4-12(2)23-18(15)25)19-24-26(20(28)29-19)11-22-14-7-5-13(21)6-8-14/h4-10,22H,3,11,21H2,1-2H3. The molecule has 0 atom stereocenters. The van der Waals surface area contributed by atoms with Gasteiger partial charge in [-0.25, -0.2) is 9.67 Å². The Balaban J connectivity index is 1.71. The van der Waals surface area contributed by atoms with Gasteiger partial charge in [0.05, 0.1) is 10.9 Å². The fourth-order valence-corrected chi connectivity index (χ4v) is 4.15. The number of fused-ring (bicyclic) bond motifs is 1. The van der Waals surface area contributed by atoms with E-state index in [2.05, 4.69) is 15.4 Å². The lowest BCUT2D eigenvalue weighted by molar-refractivity contribution is 0.665. The smallest absolute Gasteiger partial charge is 0.201 e. The molecule has 0 bridgehead atoms. The number of hydrogen-bond acceptors (Lipinski definition) is 7. The van der Waals surface area contributed by atoms with Gasteiger partial charge in [0.2, 0.25) is 5.43 Å². The highest BCUT2D eigenvalue weighted by atomic mass is 32.1. The van der Waals surface area contributed by atoms with E-state index in [1.807, 2.05) is 61.0 Å². The Morgan fingerprint density at radius 3 is 2.69 bits per heavy atom. The van der Waals surface area contributed by atoms with Crippen LogP contribution >= 0.6 is 23.6 Å². The van der Waals surface area contributed by atoms with E-state index in [9.17, 15) is 4.79 Å². The molecule has 0 aliphatic carbocycles. The molecule has 3 heterocycles. The molecule has 4 aromatic rings. The van der Waals surface area contributed by atoms with Crippen molar-refractivity contribution in [1.29, 1.82) is 0 Å². The van der Waals surface area contributed by atoms with E-state index < -0.39 is 0 Å². The second kappa shape index (κ2) is 7.76. The molecule has 0 amide bonds. The lowest BCUT2D eigenvalue weighted by Crippen LogP contribution is -2.14. The third-order valence-electron chi connectivity index (χ3n) is 4.58. The number of nitrogens with zero attached hydrogens (tertiary/aromatic N) is 4. The molecule has 0 saturated heterocycles. The third kappa shape index (κ3) is 3.79. The van der Waals surface area contributed by atoms with Gasteiger partial charge in [0.25, 0.3) is 0 Å². The normalized spacial score (nSPS) is 11.1. The number of nitrogens with one attached hydrogen (secondary N) is 1. The van der Waals surface area contributed by atoms with E-state index in [0.29, 0.717) is 44.5 Å². The van der Waals surface area contributed by atoms with Gasteiger partial charge >= 0.3 is 0 Å². The first-order valence-electron chi connectivity index (χ1n) is 9.15. The zero-order valence-corrected chi connectivity index (χ0v) is 17.7. The monoisotopic (exact) mass is 424 g/mol. The number of pyridine rings is 2. The van der Waals surface area contributed by atoms with E-state index >= 15 is 0 Å². The number of nitrogen functional groups attached to an aromatic ring is 1. The molecule has 3 aromatic heterocycles. The van der Waals surface area contributed by atoms with Crippen LogP contribution in [-0.4, -0.2) is 19.3 Å². The van der Waals surface area contributed by atoms with Gasteiger partial charge in [-0.1, -0.05) is 11.3 Å². The largest absolute Gasteiger partial charge is 0.399 e. The summed E-state index contributed by atoms with van der Waals surface area (Å²) in [5.74, 6) is 0. The summed E-state index contributed by atoms with van der Waals surface area (Å²) in [6.45, 7) is 5.04. The van der Waals surface area contributed by atoms with Gasteiger partial charge in [-0.2, -0.15) is 5.10 Å². The number of nitrogens with two attached hydrogens (primary N) is 1. The van der Waals surface area contributed by atoms with Crippen LogP contribution in [0.15, 0.2) is 47.4 Å². The molecule has 0 spiro atoms. The summed E-state index contributed by atoms with van der Waals surface area (Å²) in [6.07, 6.45) is 1.82. The lowest BCUT2D eigenvalue weighted by Gasteiger charge is -2.10. The van der Waals surface area contributed by atoms with E-state index in [0.717, 1.165) is 11.4 Å². The topological polar surface area (TPSA) is 90.8 Å². The van der Waals surface area contributed by atoms with Gasteiger partial charge in [-0.3, -0.25) is 4.79 Å². The van der Waals surface area contributed by atoms with Crippen LogP contribution in [-0.2, 0) is 13.2 Å². The SMILES string of the molecule is CCn1cc(-c2nn(CNc3ccc(N)cc3)c(=S)s2)c(=O)c2ccc(C)nc21. The summed E-state index contributed by atoms with van der Waals surface area (Å²) in [4.78, 5) is 17.6. The van der Waals surface area contributed by atoms with Crippen molar-refractivity contribution in [1.82, 2.24) is 19.3 Å². The molecule has 0 fully saturated rings. The van der Waals surface area contributed by atoms with E-state index in [1.54, 1.807) is 4.68 Å². The average Bonchev–Trinajstić information content (AvgIpc) is 3.08. The molecule has 148 valence electrons. The fourth-order valence-electron chi connectivity index (χ4n) is 3.04. The molecular weight excluding hydrogens is 404 g/mol. The molecule has 0 aliphatic rings. The van der Waals surface area contributed by atoms with Crippen LogP contribution in [0.5, 0.6) is 0 Å². The zero-order valence-electron chi connectivity index (χ0n) is 16.0. The average molecular weight is 425 g/mol. The number of hydrogen-bond donors (Lipinski definition) is 2. The maximum absolute atomic E-state index is 13.1. The molecule has 0 unspecified atom stereocenters. The Labute approximate surface area is 176 Å². The van der Waals surface area contributed by atoms with Crippen molar-refractivity contribution in [3.05, 3.63) is 62.5 Å². The van der Waals surface area contributed by atoms with Gasteiger partial charge in [0, 0.05) is 29.8 Å². The van der Waals surface area contributed by atoms with E-state index in [4.69, 9.17) is 18.0 Å². The number of aryl methyl sites for hydroxylation is 2. The van der Waals surface area contributed by atoms with Gasteiger partial charge in [0.1, 0.15) is 12.3 Å². The molecule has 0 saturated carbocycles. The molecule has 1 aromatic carbocycles. The molecular formula is C20H20N6OS2. The van der Waals surface area contributed by atoms with E-state index in [1.165, 1.54) is 11.3 Å². The minimum atomic E-state index is -0.0837. The van der Waals surface area contributed by atoms with Gasteiger partial charge in [0.15, 0.2) is 8.96 Å². The first-order valence-corrected chi connectivity index (χ1v) is 10.4. The maximum atomic E-state index is 13.1. The number of benzene rings is 1. The second-order valence-corrected chi connectivity index (χ2v) is 8.23. The van der Waals surface area contributed by atoms with Crippen LogP contribution < -0.4 is 16.5 Å². The fraction of sp³-hybridized carbons (Fsp3) is 0.200. The van der Waals surface area contributed by atoms with Gasteiger partial charge in [-0.15, -0.1) is 0 Å². The number of anilines is 2. The van der Waals surface area contributed by atoms with Gasteiger partial charge in [-0.05, 0) is 62.5 Å². The molecule has 29 heavy (non-hydrogen) atoms. The second-order valence-electron chi connectivity index (χ2n) is 6.61. The summed E-state index contributed by atoms with van der Waals surface area (Å²) in [6, 6.07) is 11.1. The minimum Gasteiger partial charge on any atom is -0.399 e. The van der Waals surface area contributed by atoms with Gasteiger partial charge < -0.3 is 15.6 Å². The Kier molecular flexibility index (Phi) is 5.16. The van der Waals surface area contributed by atoms with Crippen LogP contribution in [0, 0.1) is 10.9 Å². The predicted molar refractivity (Wildman–Crippen MR) is 121 cm³/mol. The van der Waals surface area contributed by atoms with Crippen molar-refractivity contribution in [3.63, 3.8) is 0 Å². The molecule has 4 rings (SSSR count). The Bertz CT molecular complexity index is 1300. The van der Waals surface area contributed by atoms with Crippen molar-refractivity contribution < 1.29 is 0 Å². The first-order chi connectivity index (χ1) is 14.0. The summed E-state index contributed by atoms with van der Waals surface area (Å²) in [7, 11) is 0. The summed E-state index contributed by atoms with van der Waals surface area (Å²) < 4.78 is 4.24. The van der Waals surface area contributed by atoms with Crippen molar-refractivity contribution in [2.24, 2.45) is 0 Å². The van der Waals surface area contributed by atoms with Crippen molar-refractivity contribution in [2.45, 2.75) is 27.1 Å². The third-order valence-corrected chi connectivity index (χ3v) is 5.92. The molecule has 7 nitrogen and oxygen atoms in total. The predicted octanol–water partition coefficient (Wildman–Crippen LogP) is 4.03. The summed E-state index contributed by atoms with van der Waals surface area (Å²) >= 11 is 6.79. The minimum absolute atomic E-state index is 0.0837. The van der Waals surface area contributed by atoms with Crippen molar-refractivity contribution in [3.8, 4) is 10.6 Å². The Morgan fingerprint density at radius 2 is 1.97 bits per heavy atom. The van der Waals surface area contributed by atoms with Crippen molar-refractivity contribution in [2.75, 3.05) is 11.1 Å².